The van der Waals surface area contributed by atoms with E-state index in [4.69, 9.17) is 23.2 Å². The molecule has 0 aliphatic carbocycles. The summed E-state index contributed by atoms with van der Waals surface area (Å²) in [6, 6.07) is 4.97. The summed E-state index contributed by atoms with van der Waals surface area (Å²) < 4.78 is 13.1. The summed E-state index contributed by atoms with van der Waals surface area (Å²) in [6.07, 6.45) is 5.36. The number of hydrogen-bond donors (Lipinski definition) is 0. The Labute approximate surface area is 119 Å². The lowest BCUT2D eigenvalue weighted by molar-refractivity contribution is 0.279. The minimum Gasteiger partial charge on any atom is -0.205 e. The van der Waals surface area contributed by atoms with E-state index in [9.17, 15) is 4.39 Å². The second-order valence-electron chi connectivity index (χ2n) is 5.02. The third kappa shape index (κ3) is 4.13. The van der Waals surface area contributed by atoms with E-state index in [2.05, 4.69) is 13.8 Å². The summed E-state index contributed by atoms with van der Waals surface area (Å²) >= 11 is 12.0. The Bertz CT molecular complexity index is 373. The first-order valence-corrected chi connectivity index (χ1v) is 7.48. The van der Waals surface area contributed by atoms with Crippen LogP contribution in [0, 0.1) is 11.2 Å². The van der Waals surface area contributed by atoms with E-state index in [-0.39, 0.29) is 16.3 Å². The molecule has 102 valence electrons. The van der Waals surface area contributed by atoms with Gasteiger partial charge in [0.25, 0.3) is 0 Å². The van der Waals surface area contributed by atoms with Gasteiger partial charge in [-0.15, -0.1) is 11.6 Å². The van der Waals surface area contributed by atoms with E-state index < -0.39 is 0 Å². The first-order chi connectivity index (χ1) is 8.56. The van der Waals surface area contributed by atoms with Gasteiger partial charge in [-0.05, 0) is 42.4 Å². The molecule has 0 fully saturated rings. The summed E-state index contributed by atoms with van der Waals surface area (Å²) in [5.41, 5.74) is 1.18. The number of hydrogen-bond acceptors (Lipinski definition) is 0. The largest absolute Gasteiger partial charge is 0.205 e. The van der Waals surface area contributed by atoms with Crippen LogP contribution in [0.5, 0.6) is 0 Å². The van der Waals surface area contributed by atoms with E-state index in [0.29, 0.717) is 5.88 Å². The van der Waals surface area contributed by atoms with E-state index in [1.165, 1.54) is 18.9 Å². The summed E-state index contributed by atoms with van der Waals surface area (Å²) in [7, 11) is 0. The third-order valence-electron chi connectivity index (χ3n) is 3.66. The Morgan fingerprint density at radius 2 is 2.00 bits per heavy atom. The average Bonchev–Trinajstić information content (AvgIpc) is 2.39. The van der Waals surface area contributed by atoms with Gasteiger partial charge < -0.3 is 0 Å². The van der Waals surface area contributed by atoms with Crippen LogP contribution in [-0.2, 0) is 6.42 Å². The molecule has 0 spiro atoms. The Morgan fingerprint density at radius 3 is 2.50 bits per heavy atom. The smallest absolute Gasteiger partial charge is 0.141 e. The summed E-state index contributed by atoms with van der Waals surface area (Å²) in [6.45, 7) is 4.35. The van der Waals surface area contributed by atoms with Crippen LogP contribution in [0.4, 0.5) is 4.39 Å². The molecule has 1 unspecified atom stereocenters. The highest BCUT2D eigenvalue weighted by atomic mass is 35.5. The van der Waals surface area contributed by atoms with E-state index >= 15 is 0 Å². The topological polar surface area (TPSA) is 0 Å². The van der Waals surface area contributed by atoms with Crippen LogP contribution in [0.25, 0.3) is 0 Å². The zero-order chi connectivity index (χ0) is 13.6. The van der Waals surface area contributed by atoms with Crippen molar-refractivity contribution in [3.05, 3.63) is 34.6 Å². The molecule has 0 radical (unpaired) electrons. The minimum atomic E-state index is -0.359. The highest BCUT2D eigenvalue weighted by molar-refractivity contribution is 6.30. The van der Waals surface area contributed by atoms with Gasteiger partial charge in [0.1, 0.15) is 5.82 Å². The molecule has 1 rings (SSSR count). The molecule has 0 amide bonds. The van der Waals surface area contributed by atoms with Crippen LogP contribution >= 0.6 is 23.2 Å². The molecule has 0 aromatic heterocycles. The van der Waals surface area contributed by atoms with Crippen molar-refractivity contribution in [1.29, 1.82) is 0 Å². The normalized spacial score (nSPS) is 14.5. The molecule has 0 bridgehead atoms. The molecule has 0 saturated carbocycles. The zero-order valence-corrected chi connectivity index (χ0v) is 12.6. The number of benzene rings is 1. The Morgan fingerprint density at radius 1 is 1.28 bits per heavy atom. The fourth-order valence-electron chi connectivity index (χ4n) is 2.23. The van der Waals surface area contributed by atoms with E-state index in [0.717, 1.165) is 24.8 Å². The highest BCUT2D eigenvalue weighted by Gasteiger charge is 2.27. The van der Waals surface area contributed by atoms with Crippen molar-refractivity contribution in [3.8, 4) is 0 Å². The van der Waals surface area contributed by atoms with Crippen molar-refractivity contribution in [2.24, 2.45) is 5.41 Å². The summed E-state index contributed by atoms with van der Waals surface area (Å²) in [4.78, 5) is 0. The van der Waals surface area contributed by atoms with Crippen molar-refractivity contribution in [2.45, 2.75) is 46.0 Å². The minimum absolute atomic E-state index is 0.110. The van der Waals surface area contributed by atoms with Crippen molar-refractivity contribution < 1.29 is 4.39 Å². The maximum Gasteiger partial charge on any atom is 0.141 e. The van der Waals surface area contributed by atoms with Crippen LogP contribution in [-0.4, -0.2) is 5.88 Å². The predicted octanol–water partition coefficient (Wildman–Crippen LogP) is 5.85. The lowest BCUT2D eigenvalue weighted by Crippen LogP contribution is -2.25. The zero-order valence-electron chi connectivity index (χ0n) is 11.1. The third-order valence-corrected chi connectivity index (χ3v) is 4.51. The molecule has 1 aromatic carbocycles. The van der Waals surface area contributed by atoms with Crippen molar-refractivity contribution in [1.82, 2.24) is 0 Å². The predicted molar refractivity (Wildman–Crippen MR) is 78.1 cm³/mol. The molecule has 0 saturated heterocycles. The lowest BCUT2D eigenvalue weighted by Gasteiger charge is -2.31. The van der Waals surface area contributed by atoms with E-state index in [1.54, 1.807) is 6.07 Å². The standard InChI is InChI=1S/C15H21Cl2F/c1-3-5-8-15(4-2,11-16)10-12-6-7-14(18)13(17)9-12/h6-7,9H,3-5,8,10-11H2,1-2H3. The van der Waals surface area contributed by atoms with Crippen molar-refractivity contribution >= 4 is 23.2 Å². The summed E-state index contributed by atoms with van der Waals surface area (Å²) in [5.74, 6) is 0.278. The van der Waals surface area contributed by atoms with Crippen LogP contribution < -0.4 is 0 Å². The molecule has 0 N–H and O–H groups in total. The van der Waals surface area contributed by atoms with Gasteiger partial charge in [0.2, 0.25) is 0 Å². The van der Waals surface area contributed by atoms with Gasteiger partial charge in [-0.3, -0.25) is 0 Å². The number of halogens is 3. The SMILES string of the molecule is CCCCC(CC)(CCl)Cc1ccc(F)c(Cl)c1. The lowest BCUT2D eigenvalue weighted by atomic mass is 9.77. The molecule has 0 aliphatic heterocycles. The molecule has 1 atom stereocenters. The fraction of sp³-hybridized carbons (Fsp3) is 0.600. The van der Waals surface area contributed by atoms with Gasteiger partial charge in [-0.1, -0.05) is 44.4 Å². The molecular formula is C15H21Cl2F. The number of rotatable bonds is 7. The number of unbranched alkanes of at least 4 members (excludes halogenated alkanes) is 1. The van der Waals surface area contributed by atoms with Crippen LogP contribution in [0.15, 0.2) is 18.2 Å². The monoisotopic (exact) mass is 290 g/mol. The molecule has 0 heterocycles. The van der Waals surface area contributed by atoms with Gasteiger partial charge in [0.05, 0.1) is 5.02 Å². The molecular weight excluding hydrogens is 270 g/mol. The van der Waals surface area contributed by atoms with Gasteiger partial charge in [0, 0.05) is 5.88 Å². The average molecular weight is 291 g/mol. The Hall–Kier alpha value is -0.270. The molecule has 1 aromatic rings. The first kappa shape index (κ1) is 15.8. The quantitative estimate of drug-likeness (QED) is 0.553. The number of alkyl halides is 1. The Kier molecular flexibility index (Phi) is 6.45. The fourth-order valence-corrected chi connectivity index (χ4v) is 2.85. The van der Waals surface area contributed by atoms with Gasteiger partial charge in [-0.25, -0.2) is 4.39 Å². The van der Waals surface area contributed by atoms with Crippen molar-refractivity contribution in [2.75, 3.05) is 5.88 Å². The summed E-state index contributed by atoms with van der Waals surface area (Å²) in [5, 5.41) is 0.197. The molecule has 18 heavy (non-hydrogen) atoms. The second-order valence-corrected chi connectivity index (χ2v) is 5.69. The molecule has 0 nitrogen and oxygen atoms in total. The van der Waals surface area contributed by atoms with Crippen LogP contribution in [0.1, 0.15) is 45.1 Å². The second kappa shape index (κ2) is 7.35. The van der Waals surface area contributed by atoms with Gasteiger partial charge >= 0.3 is 0 Å². The molecule has 0 aliphatic rings. The Balaban J connectivity index is 2.84. The maximum atomic E-state index is 13.1. The van der Waals surface area contributed by atoms with Crippen LogP contribution in [0.2, 0.25) is 5.02 Å². The highest BCUT2D eigenvalue weighted by Crippen LogP contribution is 2.35. The van der Waals surface area contributed by atoms with Crippen LogP contribution in [0.3, 0.4) is 0 Å². The van der Waals surface area contributed by atoms with Gasteiger partial charge in [0.15, 0.2) is 0 Å². The first-order valence-electron chi connectivity index (χ1n) is 6.57. The van der Waals surface area contributed by atoms with E-state index in [1.807, 2.05) is 6.07 Å². The van der Waals surface area contributed by atoms with Gasteiger partial charge in [-0.2, -0.15) is 0 Å². The van der Waals surface area contributed by atoms with Crippen molar-refractivity contribution in [3.63, 3.8) is 0 Å². The maximum absolute atomic E-state index is 13.1. The molecule has 3 heteroatoms.